The fraction of sp³-hybridized carbons (Fsp3) is 0.519. The van der Waals surface area contributed by atoms with Crippen LogP contribution < -0.4 is 4.74 Å². The Balaban J connectivity index is 1.46. The zero-order valence-corrected chi connectivity index (χ0v) is 22.7. The van der Waals surface area contributed by atoms with Crippen molar-refractivity contribution in [2.45, 2.75) is 31.9 Å². The van der Waals surface area contributed by atoms with E-state index in [0.29, 0.717) is 49.7 Å². The molecule has 2 aliphatic heterocycles. The van der Waals surface area contributed by atoms with Gasteiger partial charge in [-0.1, -0.05) is 41.9 Å². The number of hydrogen-bond acceptors (Lipinski definition) is 5. The lowest BCUT2D eigenvalue weighted by atomic mass is 9.76. The first kappa shape index (κ1) is 26.9. The molecule has 0 bridgehead atoms. The number of hydrogen-bond donors (Lipinski definition) is 0. The van der Waals surface area contributed by atoms with Gasteiger partial charge in [-0.15, -0.1) is 0 Å². The van der Waals surface area contributed by atoms with Crippen molar-refractivity contribution in [2.24, 2.45) is 5.41 Å². The molecule has 2 fully saturated rings. The summed E-state index contributed by atoms with van der Waals surface area (Å²) in [6, 6.07) is 14.8. The maximum atomic E-state index is 13.3. The predicted octanol–water partition coefficient (Wildman–Crippen LogP) is 3.80. The van der Waals surface area contributed by atoms with Crippen LogP contribution in [0.15, 0.2) is 48.5 Å². The maximum Gasteiger partial charge on any atom is 0.223 e. The van der Waals surface area contributed by atoms with Crippen molar-refractivity contribution < 1.29 is 17.9 Å². The van der Waals surface area contributed by atoms with Gasteiger partial charge in [-0.2, -0.15) is 0 Å². The highest BCUT2D eigenvalue weighted by Crippen LogP contribution is 2.38. The van der Waals surface area contributed by atoms with Gasteiger partial charge in [0.1, 0.15) is 5.75 Å². The van der Waals surface area contributed by atoms with Crippen LogP contribution in [0.25, 0.3) is 0 Å². The Bertz CT molecular complexity index is 1140. The molecule has 0 N–H and O–H groups in total. The largest absolute Gasteiger partial charge is 0.493 e. The summed E-state index contributed by atoms with van der Waals surface area (Å²) in [5.41, 5.74) is 1.28. The molecule has 0 saturated carbocycles. The van der Waals surface area contributed by atoms with Crippen molar-refractivity contribution >= 4 is 27.5 Å². The molecule has 0 atom stereocenters. The van der Waals surface area contributed by atoms with Gasteiger partial charge in [0.2, 0.25) is 15.9 Å². The van der Waals surface area contributed by atoms with E-state index in [4.69, 9.17) is 16.3 Å². The number of aryl methyl sites for hydroxylation is 1. The third-order valence-electron chi connectivity index (χ3n) is 7.42. The van der Waals surface area contributed by atoms with Crippen LogP contribution in [0.2, 0.25) is 5.02 Å². The Morgan fingerprint density at radius 2 is 1.67 bits per heavy atom. The molecule has 2 aromatic carbocycles. The third kappa shape index (κ3) is 6.79. The molecule has 1 amide bonds. The second kappa shape index (κ2) is 11.5. The third-order valence-corrected chi connectivity index (χ3v) is 9.70. The van der Waals surface area contributed by atoms with Crippen molar-refractivity contribution in [3.8, 4) is 5.75 Å². The van der Waals surface area contributed by atoms with Crippen LogP contribution in [-0.4, -0.2) is 81.4 Å². The lowest BCUT2D eigenvalue weighted by Gasteiger charge is -2.42. The van der Waals surface area contributed by atoms with E-state index in [-0.39, 0.29) is 11.7 Å². The lowest BCUT2D eigenvalue weighted by molar-refractivity contribution is -0.136. The van der Waals surface area contributed by atoms with E-state index < -0.39 is 15.4 Å². The Morgan fingerprint density at radius 1 is 1.00 bits per heavy atom. The van der Waals surface area contributed by atoms with Crippen molar-refractivity contribution in [3.05, 3.63) is 64.7 Å². The van der Waals surface area contributed by atoms with Crippen molar-refractivity contribution in [1.82, 2.24) is 14.1 Å². The molecular formula is C27H36ClN3O4S. The number of carbonyl (C=O) groups is 1. The number of benzene rings is 2. The molecular weight excluding hydrogens is 498 g/mol. The molecule has 0 aliphatic carbocycles. The lowest BCUT2D eigenvalue weighted by Crippen LogP contribution is -2.51. The number of ether oxygens (including phenoxy) is 1. The van der Waals surface area contributed by atoms with E-state index in [1.54, 1.807) is 4.31 Å². The Labute approximate surface area is 220 Å². The van der Waals surface area contributed by atoms with Gasteiger partial charge in [0.15, 0.2) is 0 Å². The summed E-state index contributed by atoms with van der Waals surface area (Å²) in [5.74, 6) is 0.823. The second-order valence-electron chi connectivity index (χ2n) is 10.2. The highest BCUT2D eigenvalue weighted by atomic mass is 35.5. The van der Waals surface area contributed by atoms with Gasteiger partial charge in [0, 0.05) is 56.1 Å². The topological polar surface area (TPSA) is 70.2 Å². The van der Waals surface area contributed by atoms with E-state index in [1.165, 1.54) is 0 Å². The van der Waals surface area contributed by atoms with Gasteiger partial charge < -0.3 is 14.5 Å². The van der Waals surface area contributed by atoms with E-state index in [9.17, 15) is 13.2 Å². The van der Waals surface area contributed by atoms with E-state index in [2.05, 4.69) is 11.9 Å². The fourth-order valence-electron chi connectivity index (χ4n) is 4.92. The summed E-state index contributed by atoms with van der Waals surface area (Å²) in [5, 5.41) is 0.680. The van der Waals surface area contributed by atoms with Gasteiger partial charge in [-0.3, -0.25) is 4.79 Å². The van der Waals surface area contributed by atoms with Gasteiger partial charge in [0.05, 0.1) is 12.4 Å². The number of piperidine rings is 1. The van der Waals surface area contributed by atoms with Gasteiger partial charge >= 0.3 is 0 Å². The highest BCUT2D eigenvalue weighted by molar-refractivity contribution is 7.88. The molecule has 9 heteroatoms. The molecule has 0 spiro atoms. The van der Waals surface area contributed by atoms with E-state index >= 15 is 0 Å². The number of carbonyl (C=O) groups excluding carboxylic acids is 1. The Morgan fingerprint density at radius 3 is 2.31 bits per heavy atom. The van der Waals surface area contributed by atoms with Crippen LogP contribution in [0.3, 0.4) is 0 Å². The number of nitrogens with zero attached hydrogens (tertiary/aromatic N) is 3. The number of rotatable bonds is 8. The maximum absolute atomic E-state index is 13.3. The summed E-state index contributed by atoms with van der Waals surface area (Å²) in [7, 11) is -1.38. The monoisotopic (exact) mass is 533 g/mol. The molecule has 36 heavy (non-hydrogen) atoms. The molecule has 4 rings (SSSR count). The molecule has 0 unspecified atom stereocenters. The fourth-order valence-corrected chi connectivity index (χ4v) is 6.57. The van der Waals surface area contributed by atoms with Crippen LogP contribution in [0.5, 0.6) is 5.75 Å². The average molecular weight is 534 g/mol. The first-order valence-electron chi connectivity index (χ1n) is 12.5. The van der Waals surface area contributed by atoms with Crippen LogP contribution in [-0.2, 0) is 20.6 Å². The zero-order chi connectivity index (χ0) is 25.8. The zero-order valence-electron chi connectivity index (χ0n) is 21.2. The van der Waals surface area contributed by atoms with E-state index in [1.807, 2.05) is 60.4 Å². The predicted molar refractivity (Wildman–Crippen MR) is 143 cm³/mol. The number of amides is 1. The minimum Gasteiger partial charge on any atom is -0.493 e. The summed E-state index contributed by atoms with van der Waals surface area (Å²) in [6.07, 6.45) is 1.51. The Hall–Kier alpha value is -2.13. The molecule has 2 aliphatic rings. The summed E-state index contributed by atoms with van der Waals surface area (Å²) < 4.78 is 34.0. The first-order valence-corrected chi connectivity index (χ1v) is 14.5. The number of halogens is 1. The molecule has 7 nitrogen and oxygen atoms in total. The van der Waals surface area contributed by atoms with Crippen molar-refractivity contribution in [2.75, 3.05) is 52.9 Å². The van der Waals surface area contributed by atoms with Crippen LogP contribution in [0, 0.1) is 12.3 Å². The highest BCUT2D eigenvalue weighted by Gasteiger charge is 2.41. The number of likely N-dealkylation sites (N-methyl/N-ethyl adjacent to an activating group) is 1. The van der Waals surface area contributed by atoms with Gasteiger partial charge in [-0.05, 0) is 56.1 Å². The molecule has 2 saturated heterocycles. The van der Waals surface area contributed by atoms with Crippen LogP contribution in [0.4, 0.5) is 0 Å². The molecule has 2 aromatic rings. The minimum atomic E-state index is -3.44. The molecule has 2 heterocycles. The number of sulfonamides is 1. The van der Waals surface area contributed by atoms with Crippen molar-refractivity contribution in [1.29, 1.82) is 0 Å². The summed E-state index contributed by atoms with van der Waals surface area (Å²) >= 11 is 6.17. The quantitative estimate of drug-likeness (QED) is 0.516. The molecule has 196 valence electrons. The summed E-state index contributed by atoms with van der Waals surface area (Å²) in [6.45, 7) is 6.23. The minimum absolute atomic E-state index is 0.0123. The van der Waals surface area contributed by atoms with E-state index in [0.717, 1.165) is 37.3 Å². The van der Waals surface area contributed by atoms with Gasteiger partial charge in [0.25, 0.3) is 0 Å². The average Bonchev–Trinajstić information content (AvgIpc) is 2.86. The first-order chi connectivity index (χ1) is 17.2. The molecule has 0 radical (unpaired) electrons. The standard InChI is InChI=1S/C27H36ClN3O4S/c1-22-18-24(8-9-25(22)28)35-21-27(19-26(32)30-16-14-29(2)15-17-30)10-12-31(13-11-27)36(33,34)20-23-6-4-3-5-7-23/h3-9,18H,10-17,19-21H2,1-2H3. The second-order valence-corrected chi connectivity index (χ2v) is 12.6. The smallest absolute Gasteiger partial charge is 0.223 e. The van der Waals surface area contributed by atoms with Crippen molar-refractivity contribution in [3.63, 3.8) is 0 Å². The SMILES string of the molecule is Cc1cc(OCC2(CC(=O)N3CCN(C)CC3)CCN(S(=O)(=O)Cc3ccccc3)CC2)ccc1Cl. The van der Waals surface area contributed by atoms with Gasteiger partial charge in [-0.25, -0.2) is 12.7 Å². The number of piperazine rings is 1. The van der Waals surface area contributed by atoms with Crippen LogP contribution >= 0.6 is 11.6 Å². The van der Waals surface area contributed by atoms with Crippen LogP contribution in [0.1, 0.15) is 30.4 Å². The summed E-state index contributed by atoms with van der Waals surface area (Å²) in [4.78, 5) is 17.5. The normalized spacial score (nSPS) is 19.2. The molecule has 0 aromatic heterocycles. The Kier molecular flexibility index (Phi) is 8.60.